The van der Waals surface area contributed by atoms with Crippen LogP contribution in [0.15, 0.2) is 41.6 Å². The molecule has 0 saturated carbocycles. The fraction of sp³-hybridized carbons (Fsp3) is 0.143. The number of hydrogen-bond donors (Lipinski definition) is 1. The summed E-state index contributed by atoms with van der Waals surface area (Å²) in [6.07, 6.45) is 0. The number of aromatic hydroxyl groups is 1. The molecule has 0 radical (unpaired) electrons. The second kappa shape index (κ2) is 5.19. The number of aromatic nitrogens is 2. The van der Waals surface area contributed by atoms with Crippen LogP contribution in [-0.2, 0) is 5.75 Å². The topological polar surface area (TPSA) is 46.0 Å². The van der Waals surface area contributed by atoms with Crippen LogP contribution in [0.25, 0.3) is 10.1 Å². The molecule has 0 amide bonds. The Balaban J connectivity index is 1.78. The van der Waals surface area contributed by atoms with E-state index in [-0.39, 0.29) is 5.88 Å². The lowest BCUT2D eigenvalue weighted by molar-refractivity contribution is 0.444. The molecule has 2 heterocycles. The summed E-state index contributed by atoms with van der Waals surface area (Å²) < 4.78 is 1.30. The Morgan fingerprint density at radius 3 is 2.84 bits per heavy atom. The van der Waals surface area contributed by atoms with Crippen LogP contribution in [0, 0.1) is 6.92 Å². The van der Waals surface area contributed by atoms with Crippen LogP contribution in [0.4, 0.5) is 0 Å². The van der Waals surface area contributed by atoms with Gasteiger partial charge in [-0.15, -0.1) is 11.3 Å². The Kier molecular flexibility index (Phi) is 3.40. The molecule has 0 aliphatic rings. The van der Waals surface area contributed by atoms with Gasteiger partial charge in [-0.3, -0.25) is 0 Å². The maximum atomic E-state index is 9.44. The highest BCUT2D eigenvalue weighted by Gasteiger charge is 2.05. The fourth-order valence-electron chi connectivity index (χ4n) is 1.83. The molecule has 96 valence electrons. The van der Waals surface area contributed by atoms with Gasteiger partial charge in [0.25, 0.3) is 0 Å². The Bertz CT molecular complexity index is 671. The van der Waals surface area contributed by atoms with Gasteiger partial charge in [0.15, 0.2) is 5.16 Å². The predicted octanol–water partition coefficient (Wildman–Crippen LogP) is 4.00. The van der Waals surface area contributed by atoms with E-state index in [2.05, 4.69) is 34.2 Å². The molecule has 0 unspecified atom stereocenters. The van der Waals surface area contributed by atoms with E-state index in [0.717, 1.165) is 11.4 Å². The SMILES string of the molecule is Cc1cc(O)nc(SCc2cc3ccccc3s2)n1. The third-order valence-corrected chi connectivity index (χ3v) is 4.84. The Labute approximate surface area is 119 Å². The molecule has 0 aliphatic heterocycles. The average molecular weight is 288 g/mol. The number of thiophene rings is 1. The number of aryl methyl sites for hydroxylation is 1. The summed E-state index contributed by atoms with van der Waals surface area (Å²) in [5.41, 5.74) is 0.784. The Hall–Kier alpha value is -1.59. The zero-order valence-electron chi connectivity index (χ0n) is 10.3. The van der Waals surface area contributed by atoms with Crippen molar-refractivity contribution in [2.24, 2.45) is 0 Å². The molecule has 1 N–H and O–H groups in total. The third kappa shape index (κ3) is 2.88. The second-order valence-electron chi connectivity index (χ2n) is 4.19. The van der Waals surface area contributed by atoms with Gasteiger partial charge in [-0.25, -0.2) is 4.98 Å². The molecule has 5 heteroatoms. The summed E-state index contributed by atoms with van der Waals surface area (Å²) in [7, 11) is 0. The van der Waals surface area contributed by atoms with Crippen molar-refractivity contribution in [3.8, 4) is 5.88 Å². The lowest BCUT2D eigenvalue weighted by Crippen LogP contribution is -1.89. The first-order valence-corrected chi connectivity index (χ1v) is 7.66. The number of benzene rings is 1. The second-order valence-corrected chi connectivity index (χ2v) is 6.30. The molecule has 19 heavy (non-hydrogen) atoms. The summed E-state index contributed by atoms with van der Waals surface area (Å²) in [4.78, 5) is 9.60. The molecule has 3 nitrogen and oxygen atoms in total. The van der Waals surface area contributed by atoms with Crippen molar-refractivity contribution >= 4 is 33.2 Å². The first-order valence-electron chi connectivity index (χ1n) is 5.85. The highest BCUT2D eigenvalue weighted by molar-refractivity contribution is 7.98. The number of hydrogen-bond acceptors (Lipinski definition) is 5. The highest BCUT2D eigenvalue weighted by atomic mass is 32.2. The van der Waals surface area contributed by atoms with Crippen LogP contribution in [0.3, 0.4) is 0 Å². The molecule has 0 fully saturated rings. The number of rotatable bonds is 3. The van der Waals surface area contributed by atoms with Crippen LogP contribution in [0.2, 0.25) is 0 Å². The van der Waals surface area contributed by atoms with Gasteiger partial charge in [0.1, 0.15) is 0 Å². The van der Waals surface area contributed by atoms with Crippen molar-refractivity contribution in [2.75, 3.05) is 0 Å². The maximum absolute atomic E-state index is 9.44. The van der Waals surface area contributed by atoms with Gasteiger partial charge in [0.05, 0.1) is 0 Å². The minimum atomic E-state index is 0.0336. The summed E-state index contributed by atoms with van der Waals surface area (Å²) in [5.74, 6) is 0.855. The standard InChI is InChI=1S/C14H12N2OS2/c1-9-6-13(17)16-14(15-9)18-8-11-7-10-4-2-3-5-12(10)19-11/h2-7H,8H2,1H3,(H,15,16,17). The summed E-state index contributed by atoms with van der Waals surface area (Å²) >= 11 is 3.33. The van der Waals surface area contributed by atoms with E-state index in [9.17, 15) is 5.11 Å². The van der Waals surface area contributed by atoms with Gasteiger partial charge in [-0.05, 0) is 24.4 Å². The fourth-order valence-corrected chi connectivity index (χ4v) is 3.83. The van der Waals surface area contributed by atoms with Gasteiger partial charge in [-0.2, -0.15) is 4.98 Å². The summed E-state index contributed by atoms with van der Waals surface area (Å²) in [5, 5.41) is 11.3. The smallest absolute Gasteiger partial charge is 0.215 e. The molecule has 0 atom stereocenters. The van der Waals surface area contributed by atoms with Crippen molar-refractivity contribution in [2.45, 2.75) is 17.8 Å². The molecule has 0 saturated heterocycles. The van der Waals surface area contributed by atoms with Crippen LogP contribution >= 0.6 is 23.1 Å². The lowest BCUT2D eigenvalue weighted by Gasteiger charge is -2.00. The number of fused-ring (bicyclic) bond motifs is 1. The molecule has 0 spiro atoms. The van der Waals surface area contributed by atoms with E-state index in [0.29, 0.717) is 5.16 Å². The van der Waals surface area contributed by atoms with Gasteiger partial charge in [-0.1, -0.05) is 30.0 Å². The Morgan fingerprint density at radius 2 is 2.05 bits per heavy atom. The number of thioether (sulfide) groups is 1. The first-order chi connectivity index (χ1) is 9.20. The molecular weight excluding hydrogens is 276 g/mol. The van der Waals surface area contributed by atoms with E-state index in [1.807, 2.05) is 13.0 Å². The molecule has 0 aliphatic carbocycles. The average Bonchev–Trinajstić information content (AvgIpc) is 2.78. The zero-order chi connectivity index (χ0) is 13.2. The zero-order valence-corrected chi connectivity index (χ0v) is 12.0. The maximum Gasteiger partial charge on any atom is 0.215 e. The molecule has 1 aromatic carbocycles. The molecule has 3 rings (SSSR count). The Morgan fingerprint density at radius 1 is 1.21 bits per heavy atom. The predicted molar refractivity (Wildman–Crippen MR) is 79.8 cm³/mol. The molecular formula is C14H12N2OS2. The normalized spacial score (nSPS) is 11.0. The number of nitrogens with zero attached hydrogens (tertiary/aromatic N) is 2. The van der Waals surface area contributed by atoms with Gasteiger partial charge in [0, 0.05) is 27.1 Å². The van der Waals surface area contributed by atoms with E-state index in [4.69, 9.17) is 0 Å². The van der Waals surface area contributed by atoms with Crippen LogP contribution in [0.1, 0.15) is 10.6 Å². The van der Waals surface area contributed by atoms with E-state index in [1.165, 1.54) is 15.0 Å². The van der Waals surface area contributed by atoms with Gasteiger partial charge >= 0.3 is 0 Å². The van der Waals surface area contributed by atoms with Crippen molar-refractivity contribution in [1.82, 2.24) is 9.97 Å². The van der Waals surface area contributed by atoms with Crippen LogP contribution < -0.4 is 0 Å². The van der Waals surface area contributed by atoms with Crippen molar-refractivity contribution < 1.29 is 5.11 Å². The van der Waals surface area contributed by atoms with Crippen LogP contribution in [0.5, 0.6) is 5.88 Å². The quantitative estimate of drug-likeness (QED) is 0.584. The summed E-state index contributed by atoms with van der Waals surface area (Å²) in [6, 6.07) is 12.1. The summed E-state index contributed by atoms with van der Waals surface area (Å²) in [6.45, 7) is 1.85. The van der Waals surface area contributed by atoms with Gasteiger partial charge in [0.2, 0.25) is 5.88 Å². The van der Waals surface area contributed by atoms with Crippen LogP contribution in [-0.4, -0.2) is 15.1 Å². The van der Waals surface area contributed by atoms with Crippen molar-refractivity contribution in [3.63, 3.8) is 0 Å². The van der Waals surface area contributed by atoms with Crippen molar-refractivity contribution in [3.05, 3.63) is 47.0 Å². The van der Waals surface area contributed by atoms with E-state index >= 15 is 0 Å². The van der Waals surface area contributed by atoms with Gasteiger partial charge < -0.3 is 5.11 Å². The van der Waals surface area contributed by atoms with Crippen molar-refractivity contribution in [1.29, 1.82) is 0 Å². The van der Waals surface area contributed by atoms with E-state index < -0.39 is 0 Å². The third-order valence-electron chi connectivity index (χ3n) is 2.64. The van der Waals surface area contributed by atoms with E-state index in [1.54, 1.807) is 29.2 Å². The first kappa shape index (κ1) is 12.4. The monoisotopic (exact) mass is 288 g/mol. The largest absolute Gasteiger partial charge is 0.493 e. The molecule has 0 bridgehead atoms. The lowest BCUT2D eigenvalue weighted by atomic mass is 10.2. The minimum absolute atomic E-state index is 0.0336. The minimum Gasteiger partial charge on any atom is -0.493 e. The molecule has 2 aromatic heterocycles. The molecule has 3 aromatic rings. The highest BCUT2D eigenvalue weighted by Crippen LogP contribution is 2.30.